The predicted molar refractivity (Wildman–Crippen MR) is 95.0 cm³/mol. The molecule has 0 unspecified atom stereocenters. The second kappa shape index (κ2) is 6.56. The van der Waals surface area contributed by atoms with Gasteiger partial charge in [-0.2, -0.15) is 0 Å². The van der Waals surface area contributed by atoms with E-state index in [1.807, 2.05) is 6.07 Å². The summed E-state index contributed by atoms with van der Waals surface area (Å²) in [5, 5.41) is 2.87. The number of esters is 1. The smallest absolute Gasteiger partial charge is 0.331 e. The average molecular weight is 358 g/mol. The molecule has 0 bridgehead atoms. The van der Waals surface area contributed by atoms with Crippen LogP contribution in [0.1, 0.15) is 67.4 Å². The summed E-state index contributed by atoms with van der Waals surface area (Å²) >= 11 is 0. The molecule has 1 heterocycles. The first-order chi connectivity index (χ1) is 12.5. The molecule has 1 amide bonds. The largest absolute Gasteiger partial charge is 0.491 e. The van der Waals surface area contributed by atoms with Crippen LogP contribution in [0.2, 0.25) is 0 Å². The summed E-state index contributed by atoms with van der Waals surface area (Å²) in [7, 11) is 1.35. The maximum absolute atomic E-state index is 12.9. The molecule has 4 rings (SSSR count). The molecule has 0 saturated heterocycles. The van der Waals surface area contributed by atoms with E-state index in [0.29, 0.717) is 24.2 Å². The Labute approximate surface area is 153 Å². The van der Waals surface area contributed by atoms with Gasteiger partial charge in [0.25, 0.3) is 5.91 Å². The van der Waals surface area contributed by atoms with Gasteiger partial charge in [0.2, 0.25) is 0 Å². The Kier molecular flexibility index (Phi) is 4.37. The summed E-state index contributed by atoms with van der Waals surface area (Å²) < 4.78 is 10.9. The quantitative estimate of drug-likeness (QED) is 0.723. The van der Waals surface area contributed by atoms with Crippen molar-refractivity contribution in [3.05, 3.63) is 23.5 Å². The first-order valence-electron chi connectivity index (χ1n) is 9.55. The minimum absolute atomic E-state index is 0.112. The van der Waals surface area contributed by atoms with Gasteiger partial charge in [-0.05, 0) is 74.8 Å². The number of amides is 1. The Morgan fingerprint density at radius 3 is 2.54 bits per heavy atom. The number of aromatic nitrogens is 1. The highest BCUT2D eigenvalue weighted by atomic mass is 16.5. The van der Waals surface area contributed by atoms with E-state index in [1.54, 1.807) is 13.1 Å². The van der Waals surface area contributed by atoms with Gasteiger partial charge in [0.15, 0.2) is 11.4 Å². The van der Waals surface area contributed by atoms with Crippen LogP contribution in [0.3, 0.4) is 0 Å². The molecule has 1 N–H and O–H groups in total. The third kappa shape index (κ3) is 3.55. The number of ether oxygens (including phenoxy) is 2. The number of carbonyl (C=O) groups is 2. The summed E-state index contributed by atoms with van der Waals surface area (Å²) in [6.45, 7) is 2.35. The first kappa shape index (κ1) is 17.3. The number of rotatable bonds is 8. The number of carbonyl (C=O) groups excluding carboxylic acids is 2. The summed E-state index contributed by atoms with van der Waals surface area (Å²) in [5.41, 5.74) is 0.368. The molecule has 1 aromatic heterocycles. The van der Waals surface area contributed by atoms with E-state index >= 15 is 0 Å². The Bertz CT molecular complexity index is 723. The van der Waals surface area contributed by atoms with Gasteiger partial charge in [-0.1, -0.05) is 0 Å². The average Bonchev–Trinajstić information content (AvgIpc) is 3.52. The fourth-order valence-corrected chi connectivity index (χ4v) is 3.36. The summed E-state index contributed by atoms with van der Waals surface area (Å²) in [5.74, 6) is 0.973. The van der Waals surface area contributed by atoms with E-state index in [0.717, 1.165) is 31.2 Å². The second-order valence-electron chi connectivity index (χ2n) is 8.07. The molecular weight excluding hydrogens is 332 g/mol. The van der Waals surface area contributed by atoms with Gasteiger partial charge in [0.1, 0.15) is 5.54 Å². The van der Waals surface area contributed by atoms with E-state index in [1.165, 1.54) is 20.0 Å². The minimum Gasteiger partial charge on any atom is -0.491 e. The standard InChI is InChI=1S/C20H26N2O4/c1-20(15-7-8-15,19(24)25-2)22-18(23)17-16(26-11-12-3-4-12)9-14(10-21-17)13-5-6-13/h9-10,12-13,15H,3-8,11H2,1-2H3,(H,22,23)/t20-/m0/s1. The van der Waals surface area contributed by atoms with Gasteiger partial charge in [-0.3, -0.25) is 4.79 Å². The zero-order chi connectivity index (χ0) is 18.3. The highest BCUT2D eigenvalue weighted by Gasteiger charge is 2.49. The Hall–Kier alpha value is -2.11. The topological polar surface area (TPSA) is 77.5 Å². The maximum atomic E-state index is 12.9. The zero-order valence-electron chi connectivity index (χ0n) is 15.4. The molecule has 1 aromatic rings. The number of hydrogen-bond acceptors (Lipinski definition) is 5. The van der Waals surface area contributed by atoms with Crippen molar-refractivity contribution in [2.75, 3.05) is 13.7 Å². The van der Waals surface area contributed by atoms with Crippen LogP contribution in [0.15, 0.2) is 12.3 Å². The monoisotopic (exact) mass is 358 g/mol. The van der Waals surface area contributed by atoms with Crippen molar-refractivity contribution < 1.29 is 19.1 Å². The van der Waals surface area contributed by atoms with Crippen LogP contribution >= 0.6 is 0 Å². The van der Waals surface area contributed by atoms with Crippen molar-refractivity contribution >= 4 is 11.9 Å². The first-order valence-corrected chi connectivity index (χ1v) is 9.55. The van der Waals surface area contributed by atoms with Crippen LogP contribution in [-0.4, -0.2) is 36.1 Å². The molecule has 6 nitrogen and oxygen atoms in total. The SMILES string of the molecule is COC(=O)[C@@](C)(NC(=O)c1ncc(C2CC2)cc1OCC1CC1)C1CC1. The van der Waals surface area contributed by atoms with Crippen molar-refractivity contribution in [3.8, 4) is 5.75 Å². The Morgan fingerprint density at radius 1 is 1.23 bits per heavy atom. The fourth-order valence-electron chi connectivity index (χ4n) is 3.36. The number of nitrogens with one attached hydrogen (secondary N) is 1. The molecule has 0 radical (unpaired) electrons. The molecule has 26 heavy (non-hydrogen) atoms. The van der Waals surface area contributed by atoms with Crippen molar-refractivity contribution in [1.82, 2.24) is 10.3 Å². The number of methoxy groups -OCH3 is 1. The van der Waals surface area contributed by atoms with Gasteiger partial charge in [-0.25, -0.2) is 9.78 Å². The Balaban J connectivity index is 1.56. The van der Waals surface area contributed by atoms with Gasteiger partial charge in [0, 0.05) is 6.20 Å². The molecule has 3 aliphatic carbocycles. The molecule has 3 aliphatic rings. The van der Waals surface area contributed by atoms with Gasteiger partial charge in [-0.15, -0.1) is 0 Å². The lowest BCUT2D eigenvalue weighted by atomic mass is 9.95. The fraction of sp³-hybridized carbons (Fsp3) is 0.650. The van der Waals surface area contributed by atoms with Crippen LogP contribution in [0.5, 0.6) is 5.75 Å². The molecular formula is C20H26N2O4. The predicted octanol–water partition coefficient (Wildman–Crippen LogP) is 2.82. The van der Waals surface area contributed by atoms with E-state index in [4.69, 9.17) is 9.47 Å². The lowest BCUT2D eigenvalue weighted by Crippen LogP contribution is -2.54. The van der Waals surface area contributed by atoms with Gasteiger partial charge >= 0.3 is 5.97 Å². The van der Waals surface area contributed by atoms with E-state index in [-0.39, 0.29) is 17.5 Å². The van der Waals surface area contributed by atoms with Gasteiger partial charge in [0.05, 0.1) is 13.7 Å². The molecule has 0 aliphatic heterocycles. The highest BCUT2D eigenvalue weighted by molar-refractivity contribution is 5.98. The second-order valence-corrected chi connectivity index (χ2v) is 8.07. The third-order valence-electron chi connectivity index (χ3n) is 5.69. The highest BCUT2D eigenvalue weighted by Crippen LogP contribution is 2.42. The van der Waals surface area contributed by atoms with Crippen molar-refractivity contribution in [2.45, 2.75) is 56.9 Å². The van der Waals surface area contributed by atoms with Crippen LogP contribution in [0, 0.1) is 11.8 Å². The number of hydrogen-bond donors (Lipinski definition) is 1. The maximum Gasteiger partial charge on any atom is 0.331 e. The summed E-state index contributed by atoms with van der Waals surface area (Å²) in [4.78, 5) is 29.6. The molecule has 0 spiro atoms. The van der Waals surface area contributed by atoms with Crippen LogP contribution in [0.25, 0.3) is 0 Å². The van der Waals surface area contributed by atoms with Crippen molar-refractivity contribution in [1.29, 1.82) is 0 Å². The van der Waals surface area contributed by atoms with E-state index < -0.39 is 11.5 Å². The third-order valence-corrected chi connectivity index (χ3v) is 5.69. The van der Waals surface area contributed by atoms with Crippen LogP contribution in [-0.2, 0) is 9.53 Å². The summed E-state index contributed by atoms with van der Waals surface area (Å²) in [6.07, 6.45) is 8.27. The molecule has 0 aromatic carbocycles. The molecule has 3 saturated carbocycles. The van der Waals surface area contributed by atoms with Crippen LogP contribution < -0.4 is 10.1 Å². The van der Waals surface area contributed by atoms with Crippen molar-refractivity contribution in [3.63, 3.8) is 0 Å². The zero-order valence-corrected chi connectivity index (χ0v) is 15.4. The lowest BCUT2D eigenvalue weighted by Gasteiger charge is -2.28. The lowest BCUT2D eigenvalue weighted by molar-refractivity contribution is -0.148. The molecule has 3 fully saturated rings. The van der Waals surface area contributed by atoms with Crippen LogP contribution in [0.4, 0.5) is 0 Å². The Morgan fingerprint density at radius 2 is 1.96 bits per heavy atom. The number of pyridine rings is 1. The normalized spacial score (nSPS) is 21.6. The minimum atomic E-state index is -1.02. The van der Waals surface area contributed by atoms with Gasteiger partial charge < -0.3 is 14.8 Å². The molecule has 1 atom stereocenters. The van der Waals surface area contributed by atoms with E-state index in [2.05, 4.69) is 10.3 Å². The molecule has 6 heteroatoms. The van der Waals surface area contributed by atoms with E-state index in [9.17, 15) is 9.59 Å². The molecule has 140 valence electrons. The van der Waals surface area contributed by atoms with Crippen molar-refractivity contribution in [2.24, 2.45) is 11.8 Å². The summed E-state index contributed by atoms with van der Waals surface area (Å²) in [6, 6.07) is 1.95. The number of nitrogens with zero attached hydrogens (tertiary/aromatic N) is 1.